The number of amides is 1. The number of aromatic carboxylic acids is 1. The van der Waals surface area contributed by atoms with Gasteiger partial charge in [-0.3, -0.25) is 4.79 Å². The molecule has 0 spiro atoms. The molecule has 0 radical (unpaired) electrons. The van der Waals surface area contributed by atoms with E-state index in [1.54, 1.807) is 38.1 Å². The molecule has 104 valence electrons. The van der Waals surface area contributed by atoms with Crippen molar-refractivity contribution in [1.29, 1.82) is 0 Å². The second kappa shape index (κ2) is 5.38. The van der Waals surface area contributed by atoms with Crippen LogP contribution in [0.1, 0.15) is 32.1 Å². The fraction of sp³-hybridized carbons (Fsp3) is 0.143. The lowest BCUT2D eigenvalue weighted by molar-refractivity contribution is 0.0692. The fourth-order valence-corrected chi connectivity index (χ4v) is 2.07. The Morgan fingerprint density at radius 1 is 1.30 bits per heavy atom. The Hall–Kier alpha value is -2.27. The van der Waals surface area contributed by atoms with Crippen LogP contribution < -0.4 is 5.32 Å². The summed E-state index contributed by atoms with van der Waals surface area (Å²) in [6.45, 7) is 3.45. The first-order valence-electron chi connectivity index (χ1n) is 5.89. The third-order valence-electron chi connectivity index (χ3n) is 2.93. The van der Waals surface area contributed by atoms with Crippen LogP contribution in [-0.2, 0) is 0 Å². The molecule has 2 rings (SSSR count). The number of hydrogen-bond acceptors (Lipinski definition) is 2. The molecule has 0 saturated carbocycles. The summed E-state index contributed by atoms with van der Waals surface area (Å²) in [6, 6.07) is 6.57. The van der Waals surface area contributed by atoms with Crippen molar-refractivity contribution in [3.05, 3.63) is 51.8 Å². The highest BCUT2D eigenvalue weighted by molar-refractivity contribution is 6.32. The molecule has 0 aliphatic carbocycles. The van der Waals surface area contributed by atoms with Gasteiger partial charge in [0.05, 0.1) is 5.69 Å². The largest absolute Gasteiger partial charge is 0.477 e. The van der Waals surface area contributed by atoms with Gasteiger partial charge in [-0.15, -0.1) is 0 Å². The molecule has 0 unspecified atom stereocenters. The number of nitrogens with one attached hydrogen (secondary N) is 2. The maximum Gasteiger partial charge on any atom is 0.354 e. The van der Waals surface area contributed by atoms with Gasteiger partial charge in [-0.2, -0.15) is 0 Å². The third-order valence-corrected chi connectivity index (χ3v) is 3.34. The summed E-state index contributed by atoms with van der Waals surface area (Å²) in [5.41, 5.74) is 1.90. The van der Waals surface area contributed by atoms with Gasteiger partial charge in [-0.25, -0.2) is 4.79 Å². The molecule has 1 heterocycles. The van der Waals surface area contributed by atoms with E-state index < -0.39 is 11.9 Å². The van der Waals surface area contributed by atoms with Crippen molar-refractivity contribution in [3.63, 3.8) is 0 Å². The summed E-state index contributed by atoms with van der Waals surface area (Å²) in [5.74, 6) is -1.53. The number of H-pyrrole nitrogens is 1. The van der Waals surface area contributed by atoms with Crippen molar-refractivity contribution in [2.45, 2.75) is 13.8 Å². The minimum absolute atomic E-state index is 0.0458. The average Bonchev–Trinajstić information content (AvgIpc) is 2.73. The minimum atomic E-state index is -1.13. The van der Waals surface area contributed by atoms with Crippen molar-refractivity contribution in [2.24, 2.45) is 0 Å². The molecule has 0 aliphatic rings. The first-order valence-corrected chi connectivity index (χ1v) is 6.27. The molecule has 1 aromatic carbocycles. The Labute approximate surface area is 120 Å². The zero-order chi connectivity index (χ0) is 14.9. The monoisotopic (exact) mass is 292 g/mol. The van der Waals surface area contributed by atoms with Gasteiger partial charge in [0.1, 0.15) is 5.69 Å². The molecule has 0 aliphatic heterocycles. The van der Waals surface area contributed by atoms with E-state index in [0.717, 1.165) is 0 Å². The number of carbonyl (C=O) groups excluding carboxylic acids is 1. The zero-order valence-electron chi connectivity index (χ0n) is 11.0. The number of aryl methyl sites for hydroxylation is 1. The van der Waals surface area contributed by atoms with Crippen LogP contribution in [0.5, 0.6) is 0 Å². The summed E-state index contributed by atoms with van der Waals surface area (Å²) >= 11 is 5.97. The maximum atomic E-state index is 12.2. The van der Waals surface area contributed by atoms with Crippen LogP contribution in [0.25, 0.3) is 0 Å². The number of anilines is 1. The number of carbonyl (C=O) groups is 2. The van der Waals surface area contributed by atoms with Gasteiger partial charge in [0, 0.05) is 16.3 Å². The highest BCUT2D eigenvalue weighted by Crippen LogP contribution is 2.22. The van der Waals surface area contributed by atoms with E-state index in [9.17, 15) is 9.59 Å². The number of aromatic amines is 1. The minimum Gasteiger partial charge on any atom is -0.477 e. The fourth-order valence-electron chi connectivity index (χ4n) is 1.90. The molecular weight excluding hydrogens is 280 g/mol. The number of halogens is 1. The van der Waals surface area contributed by atoms with E-state index in [1.165, 1.54) is 0 Å². The molecule has 0 fully saturated rings. The van der Waals surface area contributed by atoms with Crippen LogP contribution in [0.15, 0.2) is 24.3 Å². The Morgan fingerprint density at radius 2 is 2.00 bits per heavy atom. The van der Waals surface area contributed by atoms with Crippen molar-refractivity contribution in [3.8, 4) is 0 Å². The molecular formula is C14H13ClN2O3. The van der Waals surface area contributed by atoms with Crippen LogP contribution in [0.2, 0.25) is 5.02 Å². The predicted molar refractivity (Wildman–Crippen MR) is 76.6 cm³/mol. The van der Waals surface area contributed by atoms with E-state index in [0.29, 0.717) is 21.8 Å². The number of aromatic nitrogens is 1. The summed E-state index contributed by atoms with van der Waals surface area (Å²) in [7, 11) is 0. The third kappa shape index (κ3) is 2.67. The van der Waals surface area contributed by atoms with E-state index >= 15 is 0 Å². The van der Waals surface area contributed by atoms with Crippen molar-refractivity contribution >= 4 is 29.2 Å². The first kappa shape index (κ1) is 14.1. The van der Waals surface area contributed by atoms with Gasteiger partial charge in [-0.05, 0) is 37.6 Å². The Morgan fingerprint density at radius 3 is 2.65 bits per heavy atom. The zero-order valence-corrected chi connectivity index (χ0v) is 11.7. The lowest BCUT2D eigenvalue weighted by atomic mass is 10.1. The summed E-state index contributed by atoms with van der Waals surface area (Å²) < 4.78 is 0. The molecule has 5 nitrogen and oxygen atoms in total. The van der Waals surface area contributed by atoms with Crippen LogP contribution in [0.3, 0.4) is 0 Å². The highest BCUT2D eigenvalue weighted by atomic mass is 35.5. The molecule has 3 N–H and O–H groups in total. The molecule has 0 atom stereocenters. The number of benzene rings is 1. The SMILES string of the molecule is Cc1cc(NC(=O)c2cccc(Cl)c2C)c(C(=O)O)[nH]1. The van der Waals surface area contributed by atoms with Gasteiger partial charge in [0.15, 0.2) is 0 Å². The van der Waals surface area contributed by atoms with Gasteiger partial charge in [-0.1, -0.05) is 17.7 Å². The summed E-state index contributed by atoms with van der Waals surface area (Å²) in [5, 5.41) is 12.1. The summed E-state index contributed by atoms with van der Waals surface area (Å²) in [4.78, 5) is 26.0. The Bertz CT molecular complexity index is 692. The highest BCUT2D eigenvalue weighted by Gasteiger charge is 2.17. The van der Waals surface area contributed by atoms with E-state index in [4.69, 9.17) is 16.7 Å². The number of carboxylic acid groups (broad SMARTS) is 1. The van der Waals surface area contributed by atoms with Gasteiger partial charge >= 0.3 is 5.97 Å². The molecule has 0 bridgehead atoms. The van der Waals surface area contributed by atoms with Crippen LogP contribution in [0, 0.1) is 13.8 Å². The standard InChI is InChI=1S/C14H13ClN2O3/c1-7-6-11(12(16-7)14(19)20)17-13(18)9-4-3-5-10(15)8(9)2/h3-6,16H,1-2H3,(H,17,18)(H,19,20). The van der Waals surface area contributed by atoms with E-state index in [1.807, 2.05) is 0 Å². The molecule has 2 aromatic rings. The smallest absolute Gasteiger partial charge is 0.354 e. The quantitative estimate of drug-likeness (QED) is 0.812. The normalized spacial score (nSPS) is 10.3. The maximum absolute atomic E-state index is 12.2. The lowest BCUT2D eigenvalue weighted by Gasteiger charge is -2.08. The van der Waals surface area contributed by atoms with Gasteiger partial charge in [0.2, 0.25) is 0 Å². The Kier molecular flexibility index (Phi) is 3.81. The second-order valence-corrected chi connectivity index (χ2v) is 4.82. The van der Waals surface area contributed by atoms with Crippen LogP contribution >= 0.6 is 11.6 Å². The van der Waals surface area contributed by atoms with Crippen molar-refractivity contribution < 1.29 is 14.7 Å². The van der Waals surface area contributed by atoms with Gasteiger partial charge in [0.25, 0.3) is 5.91 Å². The molecule has 1 amide bonds. The first-order chi connectivity index (χ1) is 9.40. The topological polar surface area (TPSA) is 82.2 Å². The van der Waals surface area contributed by atoms with E-state index in [2.05, 4.69) is 10.3 Å². The molecule has 20 heavy (non-hydrogen) atoms. The number of hydrogen-bond donors (Lipinski definition) is 3. The molecule has 6 heteroatoms. The average molecular weight is 293 g/mol. The van der Waals surface area contributed by atoms with Crippen LogP contribution in [0.4, 0.5) is 5.69 Å². The summed E-state index contributed by atoms with van der Waals surface area (Å²) in [6.07, 6.45) is 0. The number of rotatable bonds is 3. The molecule has 0 saturated heterocycles. The lowest BCUT2D eigenvalue weighted by Crippen LogP contribution is -2.15. The van der Waals surface area contributed by atoms with Gasteiger partial charge < -0.3 is 15.4 Å². The van der Waals surface area contributed by atoms with Crippen molar-refractivity contribution in [2.75, 3.05) is 5.32 Å². The number of carboxylic acids is 1. The second-order valence-electron chi connectivity index (χ2n) is 4.41. The van der Waals surface area contributed by atoms with E-state index in [-0.39, 0.29) is 11.4 Å². The predicted octanol–water partition coefficient (Wildman–Crippen LogP) is 3.24. The Balaban J connectivity index is 2.33. The van der Waals surface area contributed by atoms with Crippen LogP contribution in [-0.4, -0.2) is 22.0 Å². The molecule has 1 aromatic heterocycles. The van der Waals surface area contributed by atoms with Crippen molar-refractivity contribution in [1.82, 2.24) is 4.98 Å².